The lowest BCUT2D eigenvalue weighted by Crippen LogP contribution is -2.27. The summed E-state index contributed by atoms with van der Waals surface area (Å²) >= 11 is 0.870. The molecular weight excluding hydrogens is 402 g/mol. The molecule has 2 aliphatic rings. The van der Waals surface area contributed by atoms with Gasteiger partial charge in [0.25, 0.3) is 15.7 Å². The molecule has 2 N–H and O–H groups in total. The number of rotatable bonds is 3. The van der Waals surface area contributed by atoms with Crippen LogP contribution in [0, 0.1) is 10.1 Å². The van der Waals surface area contributed by atoms with E-state index in [-0.39, 0.29) is 10.1 Å². The Balaban J connectivity index is 1.80. The van der Waals surface area contributed by atoms with E-state index in [4.69, 9.17) is 5.14 Å². The number of nitrogens with zero attached hydrogens (tertiary/aromatic N) is 4. The summed E-state index contributed by atoms with van der Waals surface area (Å²) in [6, 6.07) is 14.9. The lowest BCUT2D eigenvalue weighted by atomic mass is 10.0. The van der Waals surface area contributed by atoms with Gasteiger partial charge >= 0.3 is 0 Å². The molecule has 9 nitrogen and oxygen atoms in total. The molecule has 2 aromatic rings. The van der Waals surface area contributed by atoms with E-state index in [1.165, 1.54) is 17.1 Å². The Bertz CT molecular complexity index is 1140. The molecule has 0 aromatic heterocycles. The summed E-state index contributed by atoms with van der Waals surface area (Å²) in [4.78, 5) is 15.0. The number of aliphatic imine (C=N–C) groups is 1. The summed E-state index contributed by atoms with van der Waals surface area (Å²) < 4.78 is 23.2. The van der Waals surface area contributed by atoms with Gasteiger partial charge in [0.1, 0.15) is 6.04 Å². The van der Waals surface area contributed by atoms with Crippen molar-refractivity contribution in [1.29, 1.82) is 0 Å². The van der Waals surface area contributed by atoms with Crippen LogP contribution in [0.3, 0.4) is 0 Å². The first-order chi connectivity index (χ1) is 13.3. The van der Waals surface area contributed by atoms with Crippen molar-refractivity contribution < 1.29 is 13.3 Å². The third-order valence-electron chi connectivity index (χ3n) is 4.12. The molecule has 1 unspecified atom stereocenters. The third kappa shape index (κ3) is 3.42. The molecule has 0 aliphatic carbocycles. The number of non-ortho nitro benzene ring substituents is 1. The summed E-state index contributed by atoms with van der Waals surface area (Å²) in [5, 5.41) is 22.1. The van der Waals surface area contributed by atoms with E-state index >= 15 is 0 Å². The first-order valence-electron chi connectivity index (χ1n) is 8.02. The minimum absolute atomic E-state index is 0.0368. The van der Waals surface area contributed by atoms with Crippen molar-refractivity contribution in [3.05, 3.63) is 81.9 Å². The van der Waals surface area contributed by atoms with Crippen molar-refractivity contribution in [2.45, 2.75) is 6.04 Å². The zero-order valence-corrected chi connectivity index (χ0v) is 15.8. The van der Waals surface area contributed by atoms with Gasteiger partial charge in [0.15, 0.2) is 5.17 Å². The third-order valence-corrected chi connectivity index (χ3v) is 6.35. The number of thioether (sulfide) groups is 1. The number of hydrogen-bond acceptors (Lipinski definition) is 8. The molecule has 2 heterocycles. The van der Waals surface area contributed by atoms with Gasteiger partial charge in [0, 0.05) is 12.1 Å². The van der Waals surface area contributed by atoms with Crippen LogP contribution in [0.5, 0.6) is 0 Å². The molecule has 142 valence electrons. The smallest absolute Gasteiger partial charge is 0.258 e. The predicted octanol–water partition coefficient (Wildman–Crippen LogP) is 2.65. The standard InChI is InChI=1S/C17H13N5O4S2/c18-28(25,26)17-20-21-15(12-6-8-13(9-7-12)22(23)24)10-14(19-16(21)27-17)11-4-2-1-3-5-11/h1-10,15H,(H2,18,25,26). The second-order valence-electron chi connectivity index (χ2n) is 5.96. The van der Waals surface area contributed by atoms with Crippen molar-refractivity contribution in [3.63, 3.8) is 0 Å². The molecule has 2 aromatic carbocycles. The zero-order valence-electron chi connectivity index (χ0n) is 14.2. The SMILES string of the molecule is NS(=O)(=O)C1=NN2C(=NC(c3ccccc3)=CC2c2ccc([N+](=O)[O-])cc2)S1. The van der Waals surface area contributed by atoms with E-state index in [0.717, 1.165) is 17.3 Å². The fourth-order valence-corrected chi connectivity index (χ4v) is 4.37. The summed E-state index contributed by atoms with van der Waals surface area (Å²) in [6.45, 7) is 0. The quantitative estimate of drug-likeness (QED) is 0.605. The van der Waals surface area contributed by atoms with Crippen LogP contribution in [0.1, 0.15) is 17.2 Å². The maximum absolute atomic E-state index is 11.7. The van der Waals surface area contributed by atoms with Crippen LogP contribution in [0.25, 0.3) is 5.70 Å². The zero-order chi connectivity index (χ0) is 19.9. The summed E-state index contributed by atoms with van der Waals surface area (Å²) in [7, 11) is -3.99. The minimum Gasteiger partial charge on any atom is -0.258 e. The van der Waals surface area contributed by atoms with Gasteiger partial charge in [-0.15, -0.1) is 5.10 Å². The van der Waals surface area contributed by atoms with E-state index in [0.29, 0.717) is 16.4 Å². The van der Waals surface area contributed by atoms with E-state index < -0.39 is 21.0 Å². The number of nitro benzene ring substituents is 1. The van der Waals surface area contributed by atoms with E-state index in [2.05, 4.69) is 10.1 Å². The number of sulfonamides is 1. The van der Waals surface area contributed by atoms with Crippen molar-refractivity contribution in [2.75, 3.05) is 0 Å². The fourth-order valence-electron chi connectivity index (χ4n) is 2.81. The lowest BCUT2D eigenvalue weighted by Gasteiger charge is -2.27. The average molecular weight is 415 g/mol. The number of fused-ring (bicyclic) bond motifs is 1. The van der Waals surface area contributed by atoms with Crippen molar-refractivity contribution in [1.82, 2.24) is 5.01 Å². The molecule has 0 spiro atoms. The second kappa shape index (κ2) is 6.86. The topological polar surface area (TPSA) is 131 Å². The number of hydrogen-bond donors (Lipinski definition) is 1. The fraction of sp³-hybridized carbons (Fsp3) is 0.0588. The molecule has 0 saturated heterocycles. The summed E-state index contributed by atoms with van der Waals surface area (Å²) in [5.41, 5.74) is 2.16. The van der Waals surface area contributed by atoms with Crippen LogP contribution in [-0.2, 0) is 10.0 Å². The number of hydrazone groups is 1. The first kappa shape index (κ1) is 18.3. The van der Waals surface area contributed by atoms with Crippen LogP contribution in [0.2, 0.25) is 0 Å². The number of nitro groups is 1. The Morgan fingerprint density at radius 2 is 1.79 bits per heavy atom. The monoisotopic (exact) mass is 415 g/mol. The van der Waals surface area contributed by atoms with E-state index in [1.54, 1.807) is 12.1 Å². The van der Waals surface area contributed by atoms with Crippen LogP contribution >= 0.6 is 11.8 Å². The van der Waals surface area contributed by atoms with E-state index in [9.17, 15) is 18.5 Å². The maximum atomic E-state index is 11.7. The summed E-state index contributed by atoms with van der Waals surface area (Å²) in [6.07, 6.45) is 1.83. The van der Waals surface area contributed by atoms with Gasteiger partial charge in [-0.25, -0.2) is 23.6 Å². The first-order valence-corrected chi connectivity index (χ1v) is 10.4. The molecule has 0 radical (unpaired) electrons. The predicted molar refractivity (Wildman–Crippen MR) is 108 cm³/mol. The van der Waals surface area contributed by atoms with Gasteiger partial charge in [-0.3, -0.25) is 10.1 Å². The van der Waals surface area contributed by atoms with Crippen LogP contribution in [0.15, 0.2) is 70.8 Å². The Hall–Kier alpha value is -3.02. The molecule has 4 rings (SSSR count). The molecule has 0 fully saturated rings. The van der Waals surface area contributed by atoms with Gasteiger partial charge in [0.05, 0.1) is 10.6 Å². The van der Waals surface area contributed by atoms with Gasteiger partial charge < -0.3 is 0 Å². The molecular formula is C17H13N5O4S2. The van der Waals surface area contributed by atoms with Crippen LogP contribution in [0.4, 0.5) is 5.69 Å². The molecule has 1 atom stereocenters. The largest absolute Gasteiger partial charge is 0.269 e. The minimum atomic E-state index is -3.99. The van der Waals surface area contributed by atoms with E-state index in [1.807, 2.05) is 36.4 Å². The normalized spacial score (nSPS) is 18.8. The number of primary sulfonamides is 1. The Kier molecular flexibility index (Phi) is 4.49. The molecule has 2 aliphatic heterocycles. The van der Waals surface area contributed by atoms with Crippen molar-refractivity contribution in [2.24, 2.45) is 15.2 Å². The Morgan fingerprint density at radius 1 is 1.11 bits per heavy atom. The second-order valence-corrected chi connectivity index (χ2v) is 8.65. The lowest BCUT2D eigenvalue weighted by molar-refractivity contribution is -0.384. The molecule has 11 heteroatoms. The van der Waals surface area contributed by atoms with Crippen molar-refractivity contribution >= 4 is 42.7 Å². The average Bonchev–Trinajstić information content (AvgIpc) is 3.13. The maximum Gasteiger partial charge on any atom is 0.269 e. The van der Waals surface area contributed by atoms with Crippen LogP contribution < -0.4 is 5.14 Å². The number of nitrogens with two attached hydrogens (primary N) is 1. The highest BCUT2D eigenvalue weighted by Gasteiger charge is 2.37. The number of benzene rings is 2. The Morgan fingerprint density at radius 3 is 2.39 bits per heavy atom. The van der Waals surface area contributed by atoms with Crippen molar-refractivity contribution in [3.8, 4) is 0 Å². The molecule has 0 saturated carbocycles. The number of amidine groups is 1. The Labute approximate surface area is 164 Å². The van der Waals surface area contributed by atoms with Crippen LogP contribution in [-0.4, -0.2) is 27.9 Å². The highest BCUT2D eigenvalue weighted by molar-refractivity contribution is 8.42. The van der Waals surface area contributed by atoms with Gasteiger partial charge in [-0.1, -0.05) is 30.3 Å². The molecule has 0 bridgehead atoms. The summed E-state index contributed by atoms with van der Waals surface area (Å²) in [5.74, 6) is 0. The molecule has 28 heavy (non-hydrogen) atoms. The molecule has 0 amide bonds. The van der Waals surface area contributed by atoms with Gasteiger partial charge in [-0.05, 0) is 41.1 Å². The van der Waals surface area contributed by atoms with Gasteiger partial charge in [0.2, 0.25) is 4.38 Å². The van der Waals surface area contributed by atoms with Gasteiger partial charge in [-0.2, -0.15) is 0 Å². The highest BCUT2D eigenvalue weighted by atomic mass is 32.3. The highest BCUT2D eigenvalue weighted by Crippen LogP contribution is 2.39.